The number of nitrogens with one attached hydrogen (secondary N) is 1. The number of aromatic nitrogens is 2. The number of carbonyl (C=O) groups is 1. The summed E-state index contributed by atoms with van der Waals surface area (Å²) in [5.74, 6) is -0.116. The molecule has 3 aromatic rings. The van der Waals surface area contributed by atoms with E-state index in [1.54, 1.807) is 12.5 Å². The monoisotopic (exact) mass is 440 g/mol. The molecule has 8 heteroatoms. The summed E-state index contributed by atoms with van der Waals surface area (Å²) in [5.41, 5.74) is 4.47. The van der Waals surface area contributed by atoms with Gasteiger partial charge < -0.3 is 9.88 Å². The van der Waals surface area contributed by atoms with Gasteiger partial charge in [0.1, 0.15) is 0 Å². The number of hydrogen-bond donors (Lipinski definition) is 1. The lowest BCUT2D eigenvalue weighted by atomic mass is 10.1. The Hall–Kier alpha value is -3.13. The van der Waals surface area contributed by atoms with Crippen molar-refractivity contribution in [1.82, 2.24) is 14.9 Å². The summed E-state index contributed by atoms with van der Waals surface area (Å²) in [6, 6.07) is 13.5. The van der Waals surface area contributed by atoms with Crippen LogP contribution in [-0.2, 0) is 21.4 Å². The minimum Gasteiger partial charge on any atom is -0.352 e. The summed E-state index contributed by atoms with van der Waals surface area (Å²) >= 11 is 0. The molecule has 0 spiro atoms. The van der Waals surface area contributed by atoms with Gasteiger partial charge in [0, 0.05) is 31.9 Å². The van der Waals surface area contributed by atoms with Crippen molar-refractivity contribution >= 4 is 21.6 Å². The van der Waals surface area contributed by atoms with Crippen LogP contribution in [0.25, 0.3) is 5.69 Å². The first-order valence-electron chi connectivity index (χ1n) is 10.1. The minimum atomic E-state index is -3.45. The van der Waals surface area contributed by atoms with Crippen molar-refractivity contribution in [2.75, 3.05) is 17.1 Å². The number of sulfonamides is 1. The summed E-state index contributed by atoms with van der Waals surface area (Å²) in [6.07, 6.45) is 7.14. The fraction of sp³-hybridized carbons (Fsp3) is 0.304. The van der Waals surface area contributed by atoms with Crippen molar-refractivity contribution < 1.29 is 13.2 Å². The van der Waals surface area contributed by atoms with E-state index in [1.807, 2.05) is 67.1 Å². The normalized spacial score (nSPS) is 11.3. The van der Waals surface area contributed by atoms with Crippen LogP contribution in [0, 0.1) is 13.8 Å². The number of rotatable bonds is 9. The first kappa shape index (κ1) is 22.6. The lowest BCUT2D eigenvalue weighted by Gasteiger charge is -2.24. The van der Waals surface area contributed by atoms with Crippen LogP contribution < -0.4 is 9.62 Å². The predicted molar refractivity (Wildman–Crippen MR) is 123 cm³/mol. The second kappa shape index (κ2) is 9.78. The van der Waals surface area contributed by atoms with Gasteiger partial charge in [0.05, 0.1) is 24.0 Å². The molecule has 0 aliphatic rings. The molecule has 0 aliphatic heterocycles. The molecule has 0 fully saturated rings. The molecule has 1 N–H and O–H groups in total. The molecule has 0 aliphatic carbocycles. The third-order valence-corrected chi connectivity index (χ3v) is 6.23. The molecular formula is C23H28N4O3S. The third-order valence-electron chi connectivity index (χ3n) is 5.05. The molecule has 0 radical (unpaired) electrons. The van der Waals surface area contributed by atoms with Crippen LogP contribution in [0.5, 0.6) is 0 Å². The fourth-order valence-electron chi connectivity index (χ4n) is 3.43. The zero-order chi connectivity index (χ0) is 22.4. The van der Waals surface area contributed by atoms with Crippen LogP contribution in [0.1, 0.15) is 29.5 Å². The van der Waals surface area contributed by atoms with E-state index in [0.29, 0.717) is 18.7 Å². The highest BCUT2D eigenvalue weighted by Gasteiger charge is 2.19. The van der Waals surface area contributed by atoms with Gasteiger partial charge in [-0.25, -0.2) is 13.4 Å². The van der Waals surface area contributed by atoms with E-state index in [9.17, 15) is 13.2 Å². The highest BCUT2D eigenvalue weighted by atomic mass is 32.2. The maximum absolute atomic E-state index is 12.4. The number of anilines is 1. The quantitative estimate of drug-likeness (QED) is 0.553. The summed E-state index contributed by atoms with van der Waals surface area (Å²) in [7, 11) is -3.45. The van der Waals surface area contributed by atoms with E-state index in [0.717, 1.165) is 22.4 Å². The van der Waals surface area contributed by atoms with E-state index in [4.69, 9.17) is 0 Å². The second-order valence-electron chi connectivity index (χ2n) is 7.60. The number of imidazole rings is 1. The van der Waals surface area contributed by atoms with Gasteiger partial charge in [-0.2, -0.15) is 0 Å². The van der Waals surface area contributed by atoms with Gasteiger partial charge in [0.2, 0.25) is 15.9 Å². The molecule has 2 aromatic carbocycles. The number of amides is 1. The van der Waals surface area contributed by atoms with Crippen LogP contribution >= 0.6 is 0 Å². The third kappa shape index (κ3) is 5.95. The van der Waals surface area contributed by atoms with E-state index >= 15 is 0 Å². The molecule has 0 atom stereocenters. The van der Waals surface area contributed by atoms with Gasteiger partial charge in [-0.05, 0) is 49.1 Å². The van der Waals surface area contributed by atoms with Gasteiger partial charge in [-0.15, -0.1) is 0 Å². The van der Waals surface area contributed by atoms with Crippen molar-refractivity contribution in [1.29, 1.82) is 0 Å². The number of nitrogens with zero attached hydrogens (tertiary/aromatic N) is 3. The average Bonchev–Trinajstić information content (AvgIpc) is 3.26. The molecule has 0 saturated heterocycles. The maximum Gasteiger partial charge on any atom is 0.232 e. The van der Waals surface area contributed by atoms with Crippen LogP contribution in [0.3, 0.4) is 0 Å². The molecular weight excluding hydrogens is 412 g/mol. The van der Waals surface area contributed by atoms with Gasteiger partial charge in [0.25, 0.3) is 0 Å². The van der Waals surface area contributed by atoms with Crippen molar-refractivity contribution in [2.45, 2.75) is 33.2 Å². The van der Waals surface area contributed by atoms with Crippen molar-refractivity contribution in [2.24, 2.45) is 0 Å². The summed E-state index contributed by atoms with van der Waals surface area (Å²) in [5, 5.41) is 2.93. The van der Waals surface area contributed by atoms with Crippen LogP contribution in [-0.4, -0.2) is 36.7 Å². The number of carbonyl (C=O) groups excluding carboxylic acids is 1. The van der Waals surface area contributed by atoms with Gasteiger partial charge in [-0.3, -0.25) is 9.10 Å². The first-order chi connectivity index (χ1) is 14.8. The highest BCUT2D eigenvalue weighted by Crippen LogP contribution is 2.24. The van der Waals surface area contributed by atoms with E-state index < -0.39 is 10.0 Å². The topological polar surface area (TPSA) is 84.3 Å². The summed E-state index contributed by atoms with van der Waals surface area (Å²) in [4.78, 5) is 16.5. The number of hydrogen-bond acceptors (Lipinski definition) is 4. The van der Waals surface area contributed by atoms with Gasteiger partial charge in [-0.1, -0.05) is 30.3 Å². The molecule has 0 unspecified atom stereocenters. The highest BCUT2D eigenvalue weighted by molar-refractivity contribution is 7.92. The van der Waals surface area contributed by atoms with E-state index in [1.165, 1.54) is 10.6 Å². The average molecular weight is 441 g/mol. The molecule has 0 saturated carbocycles. The SMILES string of the molecule is Cc1ccc(C)c(N(CCCC(=O)NCc2ccccc2-n2ccnc2)S(C)(=O)=O)c1. The van der Waals surface area contributed by atoms with E-state index in [2.05, 4.69) is 10.3 Å². The molecule has 1 amide bonds. The Morgan fingerprint density at radius 1 is 1.16 bits per heavy atom. The van der Waals surface area contributed by atoms with Crippen LogP contribution in [0.4, 0.5) is 5.69 Å². The predicted octanol–water partition coefficient (Wildman–Crippen LogP) is 3.35. The van der Waals surface area contributed by atoms with Crippen molar-refractivity contribution in [3.8, 4) is 5.69 Å². The summed E-state index contributed by atoms with van der Waals surface area (Å²) < 4.78 is 28.0. The lowest BCUT2D eigenvalue weighted by molar-refractivity contribution is -0.121. The molecule has 164 valence electrons. The molecule has 1 aromatic heterocycles. The standard InChI is InChI=1S/C23H28N4O3S/c1-18-10-11-19(2)22(15-18)27(31(3,29)30)13-6-9-23(28)25-16-20-7-4-5-8-21(20)26-14-12-24-17-26/h4-5,7-8,10-12,14-15,17H,6,9,13,16H2,1-3H3,(H,25,28). The zero-order valence-corrected chi connectivity index (χ0v) is 18.9. The molecule has 0 bridgehead atoms. The fourth-order valence-corrected chi connectivity index (χ4v) is 4.45. The molecule has 3 rings (SSSR count). The van der Waals surface area contributed by atoms with E-state index in [-0.39, 0.29) is 18.9 Å². The second-order valence-corrected chi connectivity index (χ2v) is 9.51. The lowest BCUT2D eigenvalue weighted by Crippen LogP contribution is -2.32. The molecule has 1 heterocycles. The minimum absolute atomic E-state index is 0.116. The number of benzene rings is 2. The van der Waals surface area contributed by atoms with Gasteiger partial charge >= 0.3 is 0 Å². The van der Waals surface area contributed by atoms with Gasteiger partial charge in [0.15, 0.2) is 0 Å². The maximum atomic E-state index is 12.4. The summed E-state index contributed by atoms with van der Waals surface area (Å²) in [6.45, 7) is 4.46. The Labute approximate surface area is 183 Å². The smallest absolute Gasteiger partial charge is 0.232 e. The Morgan fingerprint density at radius 2 is 1.94 bits per heavy atom. The van der Waals surface area contributed by atoms with Crippen LogP contribution in [0.15, 0.2) is 61.2 Å². The van der Waals surface area contributed by atoms with Crippen molar-refractivity contribution in [3.63, 3.8) is 0 Å². The molecule has 31 heavy (non-hydrogen) atoms. The molecule has 7 nitrogen and oxygen atoms in total. The van der Waals surface area contributed by atoms with Crippen LogP contribution in [0.2, 0.25) is 0 Å². The number of aryl methyl sites for hydroxylation is 2. The first-order valence-corrected chi connectivity index (χ1v) is 12.0. The Morgan fingerprint density at radius 3 is 2.65 bits per heavy atom. The Bertz CT molecular complexity index is 1140. The number of para-hydroxylation sites is 1. The zero-order valence-electron chi connectivity index (χ0n) is 18.1. The largest absolute Gasteiger partial charge is 0.352 e. The Kier molecular flexibility index (Phi) is 7.12. The Balaban J connectivity index is 1.59. The van der Waals surface area contributed by atoms with Crippen molar-refractivity contribution in [3.05, 3.63) is 77.9 Å².